The van der Waals surface area contributed by atoms with Crippen LogP contribution in [0.2, 0.25) is 0 Å². The summed E-state index contributed by atoms with van der Waals surface area (Å²) in [6, 6.07) is 12.3. The van der Waals surface area contributed by atoms with Crippen LogP contribution in [0.25, 0.3) is 10.9 Å². The van der Waals surface area contributed by atoms with E-state index in [9.17, 15) is 8.42 Å². The molecular formula is C15H15N3O2S. The lowest BCUT2D eigenvalue weighted by Crippen LogP contribution is -2.13. The van der Waals surface area contributed by atoms with Crippen LogP contribution in [0.1, 0.15) is 12.5 Å². The van der Waals surface area contributed by atoms with Gasteiger partial charge in [-0.05, 0) is 30.2 Å². The minimum absolute atomic E-state index is 0.246. The van der Waals surface area contributed by atoms with Crippen LogP contribution in [-0.2, 0) is 16.4 Å². The number of benzene rings is 2. The van der Waals surface area contributed by atoms with Crippen LogP contribution < -0.4 is 4.72 Å². The van der Waals surface area contributed by atoms with Gasteiger partial charge in [-0.1, -0.05) is 31.2 Å². The fraction of sp³-hybridized carbons (Fsp3) is 0.133. The number of nitrogens with one attached hydrogen (secondary N) is 2. The number of para-hydroxylation sites is 1. The van der Waals surface area contributed by atoms with Gasteiger partial charge >= 0.3 is 0 Å². The summed E-state index contributed by atoms with van der Waals surface area (Å²) >= 11 is 0. The van der Waals surface area contributed by atoms with Crippen molar-refractivity contribution in [2.24, 2.45) is 0 Å². The first kappa shape index (κ1) is 13.6. The zero-order chi connectivity index (χ0) is 14.9. The third kappa shape index (κ3) is 2.62. The van der Waals surface area contributed by atoms with Crippen molar-refractivity contribution in [3.05, 3.63) is 54.2 Å². The van der Waals surface area contributed by atoms with E-state index in [4.69, 9.17) is 0 Å². The summed E-state index contributed by atoms with van der Waals surface area (Å²) in [5.41, 5.74) is 2.26. The molecule has 0 amide bonds. The van der Waals surface area contributed by atoms with Crippen molar-refractivity contribution < 1.29 is 8.42 Å². The largest absolute Gasteiger partial charge is 0.277 e. The second kappa shape index (κ2) is 5.21. The van der Waals surface area contributed by atoms with Gasteiger partial charge in [-0.15, -0.1) is 0 Å². The van der Waals surface area contributed by atoms with Crippen molar-refractivity contribution in [2.45, 2.75) is 18.2 Å². The second-order valence-electron chi connectivity index (χ2n) is 4.74. The van der Waals surface area contributed by atoms with E-state index in [1.807, 2.05) is 25.1 Å². The molecule has 0 atom stereocenters. The Morgan fingerprint density at radius 1 is 1.14 bits per heavy atom. The van der Waals surface area contributed by atoms with Crippen molar-refractivity contribution >= 4 is 26.6 Å². The van der Waals surface area contributed by atoms with Gasteiger partial charge in [0, 0.05) is 5.39 Å². The van der Waals surface area contributed by atoms with Gasteiger partial charge in [-0.3, -0.25) is 9.82 Å². The molecule has 1 heterocycles. The van der Waals surface area contributed by atoms with Crippen LogP contribution in [0.5, 0.6) is 0 Å². The van der Waals surface area contributed by atoms with Gasteiger partial charge in [0.2, 0.25) is 0 Å². The summed E-state index contributed by atoms with van der Waals surface area (Å²) in [5, 5.41) is 7.59. The highest BCUT2D eigenvalue weighted by Gasteiger charge is 2.15. The number of aromatic amines is 1. The van der Waals surface area contributed by atoms with E-state index in [2.05, 4.69) is 14.9 Å². The molecule has 0 saturated heterocycles. The molecule has 0 aliphatic rings. The van der Waals surface area contributed by atoms with Crippen LogP contribution in [0.15, 0.2) is 53.6 Å². The summed E-state index contributed by atoms with van der Waals surface area (Å²) in [6.07, 6.45) is 2.53. The second-order valence-corrected chi connectivity index (χ2v) is 6.43. The third-order valence-corrected chi connectivity index (χ3v) is 4.74. The molecule has 0 aliphatic carbocycles. The average Bonchev–Trinajstić information content (AvgIpc) is 2.97. The molecule has 0 saturated carbocycles. The van der Waals surface area contributed by atoms with Crippen LogP contribution in [-0.4, -0.2) is 18.6 Å². The summed E-state index contributed by atoms with van der Waals surface area (Å²) in [6.45, 7) is 2.03. The normalized spacial score (nSPS) is 11.7. The molecule has 2 aromatic carbocycles. The van der Waals surface area contributed by atoms with Crippen molar-refractivity contribution in [1.82, 2.24) is 10.2 Å². The summed E-state index contributed by atoms with van der Waals surface area (Å²) in [4.78, 5) is 0.246. The minimum Gasteiger partial charge on any atom is -0.277 e. The van der Waals surface area contributed by atoms with E-state index in [0.29, 0.717) is 11.2 Å². The van der Waals surface area contributed by atoms with Gasteiger partial charge in [-0.25, -0.2) is 8.42 Å². The fourth-order valence-corrected chi connectivity index (χ4v) is 3.23. The SMILES string of the molecule is CCc1ccc(S(=O)(=O)Nc2cccc3cn[nH]c23)cc1. The molecule has 3 aromatic rings. The minimum atomic E-state index is -3.61. The molecule has 6 heteroatoms. The zero-order valence-electron chi connectivity index (χ0n) is 11.5. The molecule has 0 fully saturated rings. The van der Waals surface area contributed by atoms with Crippen molar-refractivity contribution in [1.29, 1.82) is 0 Å². The molecule has 0 unspecified atom stereocenters. The Balaban J connectivity index is 1.97. The maximum Gasteiger partial charge on any atom is 0.261 e. The van der Waals surface area contributed by atoms with Gasteiger partial charge in [0.1, 0.15) is 0 Å². The maximum atomic E-state index is 12.4. The molecule has 21 heavy (non-hydrogen) atoms. The zero-order valence-corrected chi connectivity index (χ0v) is 12.3. The fourth-order valence-electron chi connectivity index (χ4n) is 2.16. The molecule has 5 nitrogen and oxygen atoms in total. The van der Waals surface area contributed by atoms with Crippen molar-refractivity contribution in [3.63, 3.8) is 0 Å². The lowest BCUT2D eigenvalue weighted by atomic mass is 10.2. The Kier molecular flexibility index (Phi) is 3.39. The highest BCUT2D eigenvalue weighted by molar-refractivity contribution is 7.92. The molecule has 108 valence electrons. The monoisotopic (exact) mass is 301 g/mol. The maximum absolute atomic E-state index is 12.4. The smallest absolute Gasteiger partial charge is 0.261 e. The Bertz CT molecular complexity index is 867. The quantitative estimate of drug-likeness (QED) is 0.778. The number of aromatic nitrogens is 2. The van der Waals surface area contributed by atoms with E-state index >= 15 is 0 Å². The first-order valence-electron chi connectivity index (χ1n) is 6.64. The molecule has 3 rings (SSSR count). The highest BCUT2D eigenvalue weighted by atomic mass is 32.2. The average molecular weight is 301 g/mol. The highest BCUT2D eigenvalue weighted by Crippen LogP contribution is 2.23. The number of fused-ring (bicyclic) bond motifs is 1. The van der Waals surface area contributed by atoms with Gasteiger partial charge < -0.3 is 0 Å². The predicted molar refractivity (Wildman–Crippen MR) is 82.7 cm³/mol. The van der Waals surface area contributed by atoms with Crippen LogP contribution in [0.3, 0.4) is 0 Å². The number of sulfonamides is 1. The molecule has 1 aromatic heterocycles. The van der Waals surface area contributed by atoms with Crippen LogP contribution in [0, 0.1) is 0 Å². The number of nitrogens with zero attached hydrogens (tertiary/aromatic N) is 1. The van der Waals surface area contributed by atoms with Crippen LogP contribution in [0.4, 0.5) is 5.69 Å². The molecular weight excluding hydrogens is 286 g/mol. The topological polar surface area (TPSA) is 74.8 Å². The lowest BCUT2D eigenvalue weighted by Gasteiger charge is -2.09. The molecule has 0 bridgehead atoms. The van der Waals surface area contributed by atoms with Gasteiger partial charge in [0.25, 0.3) is 10.0 Å². The van der Waals surface area contributed by atoms with E-state index in [1.54, 1.807) is 30.5 Å². The van der Waals surface area contributed by atoms with E-state index in [1.165, 1.54) is 0 Å². The number of hydrogen-bond donors (Lipinski definition) is 2. The van der Waals surface area contributed by atoms with Gasteiger partial charge in [0.05, 0.1) is 22.3 Å². The standard InChI is InChI=1S/C15H15N3O2S/c1-2-11-6-8-13(9-7-11)21(19,20)18-14-5-3-4-12-10-16-17-15(12)14/h3-10,18H,2H2,1H3,(H,16,17). The number of H-pyrrole nitrogens is 1. The first-order valence-corrected chi connectivity index (χ1v) is 8.12. The Morgan fingerprint density at radius 3 is 2.62 bits per heavy atom. The number of aryl methyl sites for hydroxylation is 1. The molecule has 0 radical (unpaired) electrons. The summed E-state index contributed by atoms with van der Waals surface area (Å²) in [5.74, 6) is 0. The third-order valence-electron chi connectivity index (χ3n) is 3.36. The summed E-state index contributed by atoms with van der Waals surface area (Å²) in [7, 11) is -3.61. The predicted octanol–water partition coefficient (Wildman–Crippen LogP) is 2.93. The Hall–Kier alpha value is -2.34. The van der Waals surface area contributed by atoms with Gasteiger partial charge in [0.15, 0.2) is 0 Å². The number of anilines is 1. The first-order chi connectivity index (χ1) is 10.1. The van der Waals surface area contributed by atoms with Crippen molar-refractivity contribution in [2.75, 3.05) is 4.72 Å². The van der Waals surface area contributed by atoms with Crippen molar-refractivity contribution in [3.8, 4) is 0 Å². The van der Waals surface area contributed by atoms with E-state index < -0.39 is 10.0 Å². The Labute approximate surface area is 123 Å². The van der Waals surface area contributed by atoms with Gasteiger partial charge in [-0.2, -0.15) is 5.10 Å². The molecule has 0 spiro atoms. The Morgan fingerprint density at radius 2 is 1.90 bits per heavy atom. The summed E-state index contributed by atoms with van der Waals surface area (Å²) < 4.78 is 27.4. The van der Waals surface area contributed by atoms with E-state index in [0.717, 1.165) is 17.4 Å². The number of hydrogen-bond acceptors (Lipinski definition) is 3. The van der Waals surface area contributed by atoms with E-state index in [-0.39, 0.29) is 4.90 Å². The molecule has 0 aliphatic heterocycles. The van der Waals surface area contributed by atoms with Crippen LogP contribution >= 0.6 is 0 Å². The lowest BCUT2D eigenvalue weighted by molar-refractivity contribution is 0.601. The number of rotatable bonds is 4. The molecule has 2 N–H and O–H groups in total.